The van der Waals surface area contributed by atoms with Crippen molar-refractivity contribution in [3.8, 4) is 0 Å². The second-order valence-electron chi connectivity index (χ2n) is 7.77. The molecule has 0 spiro atoms. The Balaban J connectivity index is 1.78. The van der Waals surface area contributed by atoms with Crippen LogP contribution in [0.25, 0.3) is 10.8 Å². The molecule has 2 aromatic rings. The summed E-state index contributed by atoms with van der Waals surface area (Å²) in [5, 5.41) is 11.9. The van der Waals surface area contributed by atoms with E-state index in [-0.39, 0.29) is 22.0 Å². The van der Waals surface area contributed by atoms with Gasteiger partial charge in [-0.2, -0.15) is 5.10 Å². The zero-order valence-corrected chi connectivity index (χ0v) is 14.9. The van der Waals surface area contributed by atoms with Crippen LogP contribution in [0, 0.1) is 23.7 Å². The number of thioether (sulfide) groups is 1. The van der Waals surface area contributed by atoms with Crippen molar-refractivity contribution in [2.24, 2.45) is 16.7 Å². The molecule has 0 radical (unpaired) electrons. The number of fused-ring (bicyclic) bond motifs is 3. The van der Waals surface area contributed by atoms with Crippen LogP contribution in [0.15, 0.2) is 29.3 Å². The molecule has 2 fully saturated rings. The number of aryl methyl sites for hydroxylation is 1. The molecular weight excluding hydrogens is 304 g/mol. The van der Waals surface area contributed by atoms with Gasteiger partial charge in [-0.1, -0.05) is 56.8 Å². The number of ketones is 1. The minimum Gasteiger partial charge on any atom is -0.298 e. The summed E-state index contributed by atoms with van der Waals surface area (Å²) in [7, 11) is 0. The molecule has 1 aromatic heterocycles. The number of hydrogen-bond acceptors (Lipinski definition) is 4. The van der Waals surface area contributed by atoms with Crippen LogP contribution in [0.2, 0.25) is 0 Å². The summed E-state index contributed by atoms with van der Waals surface area (Å²) in [6.07, 6.45) is 2.17. The molecular formula is C19H22N2OS. The minimum absolute atomic E-state index is 0.00309. The van der Waals surface area contributed by atoms with E-state index in [1.807, 2.05) is 19.1 Å². The van der Waals surface area contributed by atoms with Crippen molar-refractivity contribution in [3.05, 3.63) is 30.0 Å². The van der Waals surface area contributed by atoms with Gasteiger partial charge in [0.15, 0.2) is 0 Å². The van der Waals surface area contributed by atoms with Crippen LogP contribution in [-0.4, -0.2) is 21.2 Å². The summed E-state index contributed by atoms with van der Waals surface area (Å²) in [6.45, 7) is 8.81. The second-order valence-corrected chi connectivity index (χ2v) is 8.86. The van der Waals surface area contributed by atoms with Crippen molar-refractivity contribution >= 4 is 28.3 Å². The fraction of sp³-hybridized carbons (Fsp3) is 0.526. The molecule has 0 aliphatic heterocycles. The van der Waals surface area contributed by atoms with E-state index in [9.17, 15) is 4.79 Å². The summed E-state index contributed by atoms with van der Waals surface area (Å²) < 4.78 is 0. The van der Waals surface area contributed by atoms with Gasteiger partial charge in [-0.15, -0.1) is 5.10 Å². The predicted octanol–water partition coefficient (Wildman–Crippen LogP) is 4.42. The van der Waals surface area contributed by atoms with Crippen LogP contribution in [0.3, 0.4) is 0 Å². The first-order valence-electron chi connectivity index (χ1n) is 8.29. The van der Waals surface area contributed by atoms with Gasteiger partial charge in [0, 0.05) is 16.7 Å². The molecule has 0 unspecified atom stereocenters. The Morgan fingerprint density at radius 3 is 2.48 bits per heavy atom. The third kappa shape index (κ3) is 1.87. The molecule has 2 saturated carbocycles. The smallest absolute Gasteiger partial charge is 0.150 e. The van der Waals surface area contributed by atoms with Crippen LogP contribution in [0.1, 0.15) is 39.3 Å². The van der Waals surface area contributed by atoms with Crippen molar-refractivity contribution < 1.29 is 4.79 Å². The zero-order valence-electron chi connectivity index (χ0n) is 14.1. The first-order chi connectivity index (χ1) is 10.9. The lowest BCUT2D eigenvalue weighted by Gasteiger charge is -2.37. The lowest BCUT2D eigenvalue weighted by atomic mass is 9.71. The number of carbonyl (C=O) groups excluding carboxylic acids is 1. The van der Waals surface area contributed by atoms with Crippen molar-refractivity contribution in [2.45, 2.75) is 50.8 Å². The van der Waals surface area contributed by atoms with E-state index in [0.29, 0.717) is 5.78 Å². The molecule has 0 amide bonds. The summed E-state index contributed by atoms with van der Waals surface area (Å²) in [6, 6.07) is 8.22. The molecule has 1 heterocycles. The predicted molar refractivity (Wildman–Crippen MR) is 93.5 cm³/mol. The van der Waals surface area contributed by atoms with Gasteiger partial charge in [-0.25, -0.2) is 0 Å². The van der Waals surface area contributed by atoms with Crippen LogP contribution < -0.4 is 0 Å². The maximum atomic E-state index is 12.9. The van der Waals surface area contributed by atoms with E-state index in [4.69, 9.17) is 0 Å². The highest BCUT2D eigenvalue weighted by atomic mass is 32.2. The molecule has 4 heteroatoms. The number of benzene rings is 1. The van der Waals surface area contributed by atoms with Crippen LogP contribution in [-0.2, 0) is 4.79 Å². The van der Waals surface area contributed by atoms with E-state index >= 15 is 0 Å². The number of aromatic nitrogens is 2. The molecule has 0 N–H and O–H groups in total. The topological polar surface area (TPSA) is 42.9 Å². The normalized spacial score (nSPS) is 31.9. The van der Waals surface area contributed by atoms with Crippen molar-refractivity contribution in [1.29, 1.82) is 0 Å². The van der Waals surface area contributed by atoms with E-state index in [0.717, 1.165) is 34.3 Å². The van der Waals surface area contributed by atoms with E-state index in [1.165, 1.54) is 0 Å². The van der Waals surface area contributed by atoms with Gasteiger partial charge in [0.25, 0.3) is 0 Å². The molecule has 1 aromatic carbocycles. The van der Waals surface area contributed by atoms with Gasteiger partial charge in [-0.05, 0) is 30.6 Å². The van der Waals surface area contributed by atoms with E-state index in [2.05, 4.69) is 43.1 Å². The third-order valence-electron chi connectivity index (χ3n) is 6.54. The third-order valence-corrected chi connectivity index (χ3v) is 8.06. The summed E-state index contributed by atoms with van der Waals surface area (Å²) in [5.41, 5.74) is 1.07. The number of rotatable bonds is 2. The Labute approximate surface area is 141 Å². The largest absolute Gasteiger partial charge is 0.298 e. The van der Waals surface area contributed by atoms with Crippen LogP contribution in [0.5, 0.6) is 0 Å². The number of Topliss-reactive ketones (excluding diaryl/α,β-unsaturated/α-hetero) is 1. The SMILES string of the molecule is Cc1nnc(S[C@@H]2C(=O)[C@H]3CC[C@]2(C)C3(C)C)c2ccccc12. The van der Waals surface area contributed by atoms with Gasteiger partial charge in [0.05, 0.1) is 10.9 Å². The van der Waals surface area contributed by atoms with Crippen molar-refractivity contribution in [1.82, 2.24) is 10.2 Å². The fourth-order valence-corrected chi connectivity index (χ4v) is 6.17. The Kier molecular flexibility index (Phi) is 3.15. The quantitative estimate of drug-likeness (QED) is 0.819. The fourth-order valence-electron chi connectivity index (χ4n) is 4.59. The number of hydrogen-bond donors (Lipinski definition) is 0. The zero-order chi connectivity index (χ0) is 16.4. The molecule has 4 rings (SSSR count). The van der Waals surface area contributed by atoms with Crippen molar-refractivity contribution in [3.63, 3.8) is 0 Å². The van der Waals surface area contributed by atoms with E-state index < -0.39 is 0 Å². The number of nitrogens with zero attached hydrogens (tertiary/aromatic N) is 2. The van der Waals surface area contributed by atoms with Gasteiger partial charge in [0.2, 0.25) is 0 Å². The standard InChI is InChI=1S/C19H22N2OS/c1-11-12-7-5-6-8-13(12)17(21-20-11)23-16-15(22)14-9-10-19(16,4)18(14,2)3/h5-8,14,16H,9-10H2,1-4H3/t14-,16-,19+/m1/s1. The lowest BCUT2D eigenvalue weighted by Crippen LogP contribution is -2.35. The molecule has 2 bridgehead atoms. The molecule has 23 heavy (non-hydrogen) atoms. The average Bonchev–Trinajstić information content (AvgIpc) is 2.83. The van der Waals surface area contributed by atoms with Crippen LogP contribution in [0.4, 0.5) is 0 Å². The summed E-state index contributed by atoms with van der Waals surface area (Å²) in [4.78, 5) is 12.9. The van der Waals surface area contributed by atoms with Gasteiger partial charge < -0.3 is 0 Å². The highest BCUT2D eigenvalue weighted by Gasteiger charge is 2.66. The Hall–Kier alpha value is -1.42. The van der Waals surface area contributed by atoms with Gasteiger partial charge in [0.1, 0.15) is 10.8 Å². The molecule has 2 aliphatic rings. The monoisotopic (exact) mass is 326 g/mol. The maximum Gasteiger partial charge on any atom is 0.150 e. The molecule has 3 nitrogen and oxygen atoms in total. The first kappa shape index (κ1) is 15.1. The lowest BCUT2D eigenvalue weighted by molar-refractivity contribution is -0.122. The molecule has 3 atom stereocenters. The Morgan fingerprint density at radius 1 is 1.13 bits per heavy atom. The average molecular weight is 326 g/mol. The summed E-state index contributed by atoms with van der Waals surface area (Å²) >= 11 is 1.64. The molecule has 2 aliphatic carbocycles. The molecule has 120 valence electrons. The number of carbonyl (C=O) groups is 1. The van der Waals surface area contributed by atoms with Gasteiger partial charge >= 0.3 is 0 Å². The van der Waals surface area contributed by atoms with E-state index in [1.54, 1.807) is 11.8 Å². The highest BCUT2D eigenvalue weighted by Crippen LogP contribution is 2.67. The first-order valence-corrected chi connectivity index (χ1v) is 9.16. The Morgan fingerprint density at radius 2 is 1.83 bits per heavy atom. The molecule has 0 saturated heterocycles. The van der Waals surface area contributed by atoms with Crippen molar-refractivity contribution in [2.75, 3.05) is 0 Å². The minimum atomic E-state index is -0.00309. The highest BCUT2D eigenvalue weighted by molar-refractivity contribution is 8.00. The Bertz CT molecular complexity index is 816. The van der Waals surface area contributed by atoms with Gasteiger partial charge in [-0.3, -0.25) is 4.79 Å². The maximum absolute atomic E-state index is 12.9. The van der Waals surface area contributed by atoms with Crippen LogP contribution >= 0.6 is 11.8 Å². The second kappa shape index (κ2) is 4.79. The summed E-state index contributed by atoms with van der Waals surface area (Å²) in [5.74, 6) is 0.620.